The minimum Gasteiger partial charge on any atom is -0.480 e. The van der Waals surface area contributed by atoms with Crippen LogP contribution in [0.1, 0.15) is 34.1 Å². The van der Waals surface area contributed by atoms with Crippen molar-refractivity contribution in [1.82, 2.24) is 10.6 Å². The average Bonchev–Trinajstić information content (AvgIpc) is 2.38. The molecule has 0 aliphatic carbocycles. The Morgan fingerprint density at radius 3 is 1.86 bits per heavy atom. The first-order chi connectivity index (χ1) is 9.91. The molecule has 0 heterocycles. The van der Waals surface area contributed by atoms with Crippen LogP contribution < -0.4 is 10.6 Å². The molecule has 22 heavy (non-hydrogen) atoms. The van der Waals surface area contributed by atoms with Crippen molar-refractivity contribution in [3.63, 3.8) is 0 Å². The second-order valence-electron chi connectivity index (χ2n) is 5.40. The van der Waals surface area contributed by atoms with Gasteiger partial charge in [-0.1, -0.05) is 34.1 Å². The number of alkyl halides is 3. The molecule has 0 saturated carbocycles. The molecule has 0 fully saturated rings. The van der Waals surface area contributed by atoms with Gasteiger partial charge in [0.2, 0.25) is 5.91 Å². The summed E-state index contributed by atoms with van der Waals surface area (Å²) in [7, 11) is 0. The second-order valence-corrected chi connectivity index (χ2v) is 5.40. The Balaban J connectivity index is 5.08. The van der Waals surface area contributed by atoms with Gasteiger partial charge >= 0.3 is 18.1 Å². The molecule has 0 aromatic rings. The Bertz CT molecular complexity index is 424. The van der Waals surface area contributed by atoms with Gasteiger partial charge in [0.25, 0.3) is 0 Å². The van der Waals surface area contributed by atoms with Crippen molar-refractivity contribution in [2.45, 2.75) is 52.4 Å². The molecular formula is C13H21F3N2O4. The van der Waals surface area contributed by atoms with Crippen molar-refractivity contribution in [3.8, 4) is 0 Å². The van der Waals surface area contributed by atoms with Gasteiger partial charge in [-0.2, -0.15) is 13.2 Å². The van der Waals surface area contributed by atoms with Crippen LogP contribution in [-0.2, 0) is 14.4 Å². The maximum Gasteiger partial charge on any atom is 0.471 e. The fourth-order valence-corrected chi connectivity index (χ4v) is 1.68. The fourth-order valence-electron chi connectivity index (χ4n) is 1.68. The lowest BCUT2D eigenvalue weighted by molar-refractivity contribution is -0.175. The molecule has 0 aliphatic heterocycles. The van der Waals surface area contributed by atoms with E-state index in [1.54, 1.807) is 19.2 Å². The Labute approximate surface area is 126 Å². The van der Waals surface area contributed by atoms with Crippen LogP contribution in [0.2, 0.25) is 0 Å². The largest absolute Gasteiger partial charge is 0.480 e. The first-order valence-electron chi connectivity index (χ1n) is 6.82. The summed E-state index contributed by atoms with van der Waals surface area (Å²) in [5.41, 5.74) is 0. The average molecular weight is 326 g/mol. The zero-order chi connectivity index (χ0) is 17.7. The lowest BCUT2D eigenvalue weighted by Crippen LogP contribution is -2.56. The number of aliphatic carboxylic acids is 1. The highest BCUT2D eigenvalue weighted by atomic mass is 19.4. The van der Waals surface area contributed by atoms with Crippen LogP contribution in [0.5, 0.6) is 0 Å². The van der Waals surface area contributed by atoms with E-state index in [9.17, 15) is 27.6 Å². The molecule has 0 unspecified atom stereocenters. The summed E-state index contributed by atoms with van der Waals surface area (Å²) in [6.07, 6.45) is -4.66. The van der Waals surface area contributed by atoms with Gasteiger partial charge in [-0.15, -0.1) is 0 Å². The molecule has 3 N–H and O–H groups in total. The van der Waals surface area contributed by atoms with Crippen molar-refractivity contribution >= 4 is 17.8 Å². The minimum atomic E-state index is -5.11. The van der Waals surface area contributed by atoms with E-state index < -0.39 is 47.9 Å². The normalized spacial score (nSPS) is 15.8. The molecular weight excluding hydrogens is 305 g/mol. The lowest BCUT2D eigenvalue weighted by atomic mass is 9.97. The van der Waals surface area contributed by atoms with Gasteiger partial charge in [0.15, 0.2) is 0 Å². The van der Waals surface area contributed by atoms with Gasteiger partial charge in [-0.05, 0) is 11.8 Å². The SMILES string of the molecule is CC[C@H](C)[C@H](NC(=O)[C@@H](NC(=O)C(F)(F)F)C(C)C)C(=O)O. The molecule has 6 nitrogen and oxygen atoms in total. The van der Waals surface area contributed by atoms with Gasteiger partial charge in [0.05, 0.1) is 0 Å². The van der Waals surface area contributed by atoms with E-state index in [-0.39, 0.29) is 0 Å². The zero-order valence-electron chi connectivity index (χ0n) is 12.8. The highest BCUT2D eigenvalue weighted by molar-refractivity contribution is 5.92. The summed E-state index contributed by atoms with van der Waals surface area (Å²) >= 11 is 0. The van der Waals surface area contributed by atoms with E-state index >= 15 is 0 Å². The molecule has 9 heteroatoms. The summed E-state index contributed by atoms with van der Waals surface area (Å²) in [5.74, 6) is -5.53. The summed E-state index contributed by atoms with van der Waals surface area (Å²) in [4.78, 5) is 34.1. The van der Waals surface area contributed by atoms with Gasteiger partial charge in [-0.25, -0.2) is 4.79 Å². The van der Waals surface area contributed by atoms with Crippen LogP contribution >= 0.6 is 0 Å². The summed E-state index contributed by atoms with van der Waals surface area (Å²) in [6.45, 7) is 6.20. The molecule has 0 radical (unpaired) electrons. The van der Waals surface area contributed by atoms with E-state index in [2.05, 4.69) is 5.32 Å². The Morgan fingerprint density at radius 1 is 1.05 bits per heavy atom. The van der Waals surface area contributed by atoms with Crippen molar-refractivity contribution in [3.05, 3.63) is 0 Å². The van der Waals surface area contributed by atoms with Crippen molar-refractivity contribution in [2.24, 2.45) is 11.8 Å². The smallest absolute Gasteiger partial charge is 0.471 e. The number of hydrogen-bond donors (Lipinski definition) is 3. The monoisotopic (exact) mass is 326 g/mol. The Morgan fingerprint density at radius 2 is 1.55 bits per heavy atom. The van der Waals surface area contributed by atoms with Crippen molar-refractivity contribution in [1.29, 1.82) is 0 Å². The minimum absolute atomic E-state index is 0.410. The fraction of sp³-hybridized carbons (Fsp3) is 0.769. The van der Waals surface area contributed by atoms with E-state index in [1.807, 2.05) is 0 Å². The molecule has 128 valence electrons. The van der Waals surface area contributed by atoms with Crippen LogP contribution in [0.15, 0.2) is 0 Å². The number of carboxylic acids is 1. The maximum absolute atomic E-state index is 12.3. The highest BCUT2D eigenvalue weighted by Gasteiger charge is 2.42. The van der Waals surface area contributed by atoms with Crippen LogP contribution in [-0.4, -0.2) is 41.2 Å². The molecule has 0 aromatic heterocycles. The van der Waals surface area contributed by atoms with Crippen LogP contribution in [0.3, 0.4) is 0 Å². The predicted molar refractivity (Wildman–Crippen MR) is 71.8 cm³/mol. The number of halogens is 3. The number of nitrogens with one attached hydrogen (secondary N) is 2. The van der Waals surface area contributed by atoms with E-state index in [1.165, 1.54) is 13.8 Å². The number of amides is 2. The summed E-state index contributed by atoms with van der Waals surface area (Å²) < 4.78 is 36.8. The van der Waals surface area contributed by atoms with Crippen LogP contribution in [0.4, 0.5) is 13.2 Å². The number of rotatable bonds is 7. The second kappa shape index (κ2) is 8.00. The number of carbonyl (C=O) groups excluding carboxylic acids is 2. The Kier molecular flexibility index (Phi) is 7.34. The van der Waals surface area contributed by atoms with E-state index in [4.69, 9.17) is 5.11 Å². The molecule has 0 aromatic carbocycles. The molecule has 0 spiro atoms. The standard InChI is InChI=1S/C13H21F3N2O4/c1-5-7(4)9(11(20)21)17-10(19)8(6(2)3)18-12(22)13(14,15)16/h6-9H,5H2,1-4H3,(H,17,19)(H,18,22)(H,20,21)/t7-,8-,9-/m0/s1. The van der Waals surface area contributed by atoms with Gasteiger partial charge < -0.3 is 15.7 Å². The predicted octanol–water partition coefficient (Wildman–Crippen LogP) is 1.30. The van der Waals surface area contributed by atoms with Crippen LogP contribution in [0.25, 0.3) is 0 Å². The van der Waals surface area contributed by atoms with Crippen molar-refractivity contribution in [2.75, 3.05) is 0 Å². The number of carboxylic acid groups (broad SMARTS) is 1. The summed E-state index contributed by atoms with van der Waals surface area (Å²) in [5, 5.41) is 12.8. The molecule has 0 aliphatic rings. The third-order valence-electron chi connectivity index (χ3n) is 3.27. The Hall–Kier alpha value is -1.80. The van der Waals surface area contributed by atoms with E-state index in [0.29, 0.717) is 6.42 Å². The quantitative estimate of drug-likeness (QED) is 0.657. The first-order valence-corrected chi connectivity index (χ1v) is 6.82. The van der Waals surface area contributed by atoms with Gasteiger partial charge in [-0.3, -0.25) is 9.59 Å². The maximum atomic E-state index is 12.3. The van der Waals surface area contributed by atoms with Crippen LogP contribution in [0, 0.1) is 11.8 Å². The van der Waals surface area contributed by atoms with Gasteiger partial charge in [0, 0.05) is 0 Å². The number of carbonyl (C=O) groups is 3. The lowest BCUT2D eigenvalue weighted by Gasteiger charge is -2.26. The summed E-state index contributed by atoms with van der Waals surface area (Å²) in [6, 6.07) is -2.71. The van der Waals surface area contributed by atoms with Gasteiger partial charge in [0.1, 0.15) is 12.1 Å². The topological polar surface area (TPSA) is 95.5 Å². The third-order valence-corrected chi connectivity index (χ3v) is 3.27. The molecule has 3 atom stereocenters. The highest BCUT2D eigenvalue weighted by Crippen LogP contribution is 2.16. The molecule has 0 rings (SSSR count). The van der Waals surface area contributed by atoms with Crippen molar-refractivity contribution < 1.29 is 32.7 Å². The molecule has 0 saturated heterocycles. The zero-order valence-corrected chi connectivity index (χ0v) is 12.8. The first kappa shape index (κ1) is 20.2. The van der Waals surface area contributed by atoms with E-state index in [0.717, 1.165) is 0 Å². The third kappa shape index (κ3) is 5.90. The molecule has 2 amide bonds. The molecule has 0 bridgehead atoms. The number of hydrogen-bond acceptors (Lipinski definition) is 3.